The molecule has 3 unspecified atom stereocenters. The van der Waals surface area contributed by atoms with E-state index >= 15 is 0 Å². The summed E-state index contributed by atoms with van der Waals surface area (Å²) < 4.78 is 0. The minimum atomic E-state index is 0.583. The van der Waals surface area contributed by atoms with Crippen LogP contribution in [0.4, 0.5) is 0 Å². The third-order valence-corrected chi connectivity index (χ3v) is 3.27. The van der Waals surface area contributed by atoms with Crippen LogP contribution in [0.25, 0.3) is 0 Å². The number of likely N-dealkylation sites (tertiary alicyclic amines) is 1. The summed E-state index contributed by atoms with van der Waals surface area (Å²) in [5, 5.41) is 0. The minimum absolute atomic E-state index is 0.583. The molecule has 0 saturated carbocycles. The summed E-state index contributed by atoms with van der Waals surface area (Å²) >= 11 is 0. The maximum atomic E-state index is 5.82. The molecule has 2 heteroatoms. The lowest BCUT2D eigenvalue weighted by molar-refractivity contribution is 0.151. The second-order valence-electron chi connectivity index (χ2n) is 4.93. The number of hydrogen-bond donors (Lipinski definition) is 1. The molecule has 1 aliphatic rings. The van der Waals surface area contributed by atoms with Crippen LogP contribution in [0.1, 0.15) is 34.1 Å². The summed E-state index contributed by atoms with van der Waals surface area (Å²) in [6, 6.07) is 1.31. The van der Waals surface area contributed by atoms with Gasteiger partial charge in [-0.1, -0.05) is 20.8 Å². The standard InChI is InChI=1S/C11H24N2/c1-8(2)11(6-12)13-7-9(3)5-10(13)4/h8-11H,5-7,12H2,1-4H3. The van der Waals surface area contributed by atoms with Crippen LogP contribution in [-0.2, 0) is 0 Å². The first-order chi connectivity index (χ1) is 6.06. The molecule has 13 heavy (non-hydrogen) atoms. The fourth-order valence-corrected chi connectivity index (χ4v) is 2.58. The van der Waals surface area contributed by atoms with Crippen LogP contribution < -0.4 is 5.73 Å². The molecule has 1 aliphatic heterocycles. The van der Waals surface area contributed by atoms with Crippen molar-refractivity contribution in [2.45, 2.75) is 46.2 Å². The average molecular weight is 184 g/mol. The molecule has 0 bridgehead atoms. The van der Waals surface area contributed by atoms with E-state index in [0.29, 0.717) is 12.0 Å². The van der Waals surface area contributed by atoms with E-state index < -0.39 is 0 Å². The first kappa shape index (κ1) is 11.0. The van der Waals surface area contributed by atoms with E-state index in [4.69, 9.17) is 5.73 Å². The normalized spacial score (nSPS) is 32.8. The molecular weight excluding hydrogens is 160 g/mol. The molecule has 2 N–H and O–H groups in total. The smallest absolute Gasteiger partial charge is 0.0244 e. The maximum absolute atomic E-state index is 5.82. The highest BCUT2D eigenvalue weighted by Gasteiger charge is 2.32. The molecule has 0 amide bonds. The number of nitrogens with two attached hydrogens (primary N) is 1. The lowest BCUT2D eigenvalue weighted by Crippen LogP contribution is -2.45. The van der Waals surface area contributed by atoms with Crippen molar-refractivity contribution in [3.05, 3.63) is 0 Å². The fourth-order valence-electron chi connectivity index (χ4n) is 2.58. The summed E-state index contributed by atoms with van der Waals surface area (Å²) in [4.78, 5) is 2.59. The second kappa shape index (κ2) is 4.43. The van der Waals surface area contributed by atoms with Crippen LogP contribution in [0.15, 0.2) is 0 Å². The lowest BCUT2D eigenvalue weighted by Gasteiger charge is -2.33. The Morgan fingerprint density at radius 2 is 2.00 bits per heavy atom. The third kappa shape index (κ3) is 2.44. The van der Waals surface area contributed by atoms with Gasteiger partial charge in [-0.2, -0.15) is 0 Å². The van der Waals surface area contributed by atoms with Crippen molar-refractivity contribution in [1.82, 2.24) is 4.90 Å². The molecule has 0 aromatic carbocycles. The van der Waals surface area contributed by atoms with Gasteiger partial charge in [-0.25, -0.2) is 0 Å². The van der Waals surface area contributed by atoms with E-state index in [1.165, 1.54) is 13.0 Å². The largest absolute Gasteiger partial charge is 0.329 e. The van der Waals surface area contributed by atoms with Crippen molar-refractivity contribution in [3.8, 4) is 0 Å². The zero-order valence-corrected chi connectivity index (χ0v) is 9.46. The van der Waals surface area contributed by atoms with Gasteiger partial charge in [0.15, 0.2) is 0 Å². The maximum Gasteiger partial charge on any atom is 0.0244 e. The van der Waals surface area contributed by atoms with Gasteiger partial charge >= 0.3 is 0 Å². The number of nitrogens with zero attached hydrogens (tertiary/aromatic N) is 1. The zero-order valence-electron chi connectivity index (χ0n) is 9.46. The Kier molecular flexibility index (Phi) is 3.74. The van der Waals surface area contributed by atoms with Gasteiger partial charge in [0.25, 0.3) is 0 Å². The van der Waals surface area contributed by atoms with Gasteiger partial charge in [-0.15, -0.1) is 0 Å². The number of rotatable bonds is 3. The summed E-state index contributed by atoms with van der Waals surface area (Å²) in [5.74, 6) is 1.53. The van der Waals surface area contributed by atoms with Crippen molar-refractivity contribution in [3.63, 3.8) is 0 Å². The predicted octanol–water partition coefficient (Wildman–Crippen LogP) is 1.70. The Morgan fingerprint density at radius 1 is 1.38 bits per heavy atom. The van der Waals surface area contributed by atoms with Crippen molar-refractivity contribution in [2.75, 3.05) is 13.1 Å². The zero-order chi connectivity index (χ0) is 10.0. The van der Waals surface area contributed by atoms with Gasteiger partial charge in [0.1, 0.15) is 0 Å². The van der Waals surface area contributed by atoms with Crippen molar-refractivity contribution < 1.29 is 0 Å². The summed E-state index contributed by atoms with van der Waals surface area (Å²) in [5.41, 5.74) is 5.82. The summed E-state index contributed by atoms with van der Waals surface area (Å²) in [7, 11) is 0. The lowest BCUT2D eigenvalue weighted by atomic mass is 10.0. The van der Waals surface area contributed by atoms with E-state index in [0.717, 1.165) is 18.5 Å². The fraction of sp³-hybridized carbons (Fsp3) is 1.00. The van der Waals surface area contributed by atoms with Gasteiger partial charge in [-0.05, 0) is 25.2 Å². The number of hydrogen-bond acceptors (Lipinski definition) is 2. The van der Waals surface area contributed by atoms with Crippen molar-refractivity contribution in [1.29, 1.82) is 0 Å². The highest BCUT2D eigenvalue weighted by Crippen LogP contribution is 2.26. The van der Waals surface area contributed by atoms with Crippen molar-refractivity contribution in [2.24, 2.45) is 17.6 Å². The molecule has 0 radical (unpaired) electrons. The summed E-state index contributed by atoms with van der Waals surface area (Å²) in [6.07, 6.45) is 1.34. The van der Waals surface area contributed by atoms with E-state index in [1.807, 2.05) is 0 Å². The van der Waals surface area contributed by atoms with E-state index in [9.17, 15) is 0 Å². The monoisotopic (exact) mass is 184 g/mol. The van der Waals surface area contributed by atoms with Crippen LogP contribution in [0.2, 0.25) is 0 Å². The molecule has 0 spiro atoms. The van der Waals surface area contributed by atoms with Gasteiger partial charge in [0.05, 0.1) is 0 Å². The SMILES string of the molecule is CC1CC(C)N(C(CN)C(C)C)C1. The minimum Gasteiger partial charge on any atom is -0.329 e. The average Bonchev–Trinajstić information content (AvgIpc) is 2.31. The third-order valence-electron chi connectivity index (χ3n) is 3.27. The van der Waals surface area contributed by atoms with Crippen LogP contribution in [-0.4, -0.2) is 30.1 Å². The van der Waals surface area contributed by atoms with Gasteiger partial charge in [-0.3, -0.25) is 4.90 Å². The molecular formula is C11H24N2. The molecule has 2 nitrogen and oxygen atoms in total. The first-order valence-corrected chi connectivity index (χ1v) is 5.52. The summed E-state index contributed by atoms with van der Waals surface area (Å²) in [6.45, 7) is 11.2. The molecule has 1 saturated heterocycles. The van der Waals surface area contributed by atoms with Gasteiger partial charge < -0.3 is 5.73 Å². The van der Waals surface area contributed by atoms with Crippen LogP contribution >= 0.6 is 0 Å². The van der Waals surface area contributed by atoms with E-state index in [-0.39, 0.29) is 0 Å². The Hall–Kier alpha value is -0.0800. The second-order valence-corrected chi connectivity index (χ2v) is 4.93. The Balaban J connectivity index is 2.58. The van der Waals surface area contributed by atoms with Crippen LogP contribution in [0, 0.1) is 11.8 Å². The van der Waals surface area contributed by atoms with Crippen LogP contribution in [0.5, 0.6) is 0 Å². The highest BCUT2D eigenvalue weighted by atomic mass is 15.2. The molecule has 0 aromatic heterocycles. The van der Waals surface area contributed by atoms with E-state index in [2.05, 4.69) is 32.6 Å². The topological polar surface area (TPSA) is 29.3 Å². The quantitative estimate of drug-likeness (QED) is 0.723. The highest BCUT2D eigenvalue weighted by molar-refractivity contribution is 4.87. The van der Waals surface area contributed by atoms with Crippen molar-refractivity contribution >= 4 is 0 Å². The molecule has 0 aromatic rings. The molecule has 1 heterocycles. The molecule has 78 valence electrons. The molecule has 1 rings (SSSR count). The Bertz CT molecular complexity index is 156. The Morgan fingerprint density at radius 3 is 2.31 bits per heavy atom. The van der Waals surface area contributed by atoms with E-state index in [1.54, 1.807) is 0 Å². The predicted molar refractivity (Wildman–Crippen MR) is 57.6 cm³/mol. The van der Waals surface area contributed by atoms with Gasteiger partial charge in [0.2, 0.25) is 0 Å². The molecule has 1 fully saturated rings. The first-order valence-electron chi connectivity index (χ1n) is 5.52. The molecule has 3 atom stereocenters. The Labute approximate surface area is 82.5 Å². The molecule has 0 aliphatic carbocycles. The van der Waals surface area contributed by atoms with Gasteiger partial charge in [0, 0.05) is 25.2 Å². The van der Waals surface area contributed by atoms with Crippen LogP contribution in [0.3, 0.4) is 0 Å².